The Bertz CT molecular complexity index is 720. The van der Waals surface area contributed by atoms with Crippen LogP contribution in [0, 0.1) is 0 Å². The van der Waals surface area contributed by atoms with E-state index in [0.29, 0.717) is 6.54 Å². The normalized spacial score (nSPS) is 20.0. The second-order valence-corrected chi connectivity index (χ2v) is 6.55. The van der Waals surface area contributed by atoms with E-state index >= 15 is 0 Å². The zero-order chi connectivity index (χ0) is 17.7. The van der Waals surface area contributed by atoms with Crippen molar-refractivity contribution in [2.24, 2.45) is 5.73 Å². The number of methoxy groups -OCH3 is 1. The van der Waals surface area contributed by atoms with E-state index in [9.17, 15) is 4.79 Å². The fraction of sp³-hybridized carbons (Fsp3) is 0.400. The van der Waals surface area contributed by atoms with Crippen LogP contribution >= 0.6 is 0 Å². The van der Waals surface area contributed by atoms with Gasteiger partial charge in [-0.05, 0) is 43.9 Å². The SMILES string of the molecule is COc1ccccc1CN1CCC1(CCCc1ccccn1)C(N)=O. The maximum atomic E-state index is 12.2. The van der Waals surface area contributed by atoms with Crippen molar-refractivity contribution in [1.82, 2.24) is 9.88 Å². The Labute approximate surface area is 148 Å². The lowest BCUT2D eigenvalue weighted by Crippen LogP contribution is -2.66. The number of aromatic nitrogens is 1. The second kappa shape index (κ2) is 7.66. The molecular formula is C20H25N3O2. The molecule has 0 spiro atoms. The summed E-state index contributed by atoms with van der Waals surface area (Å²) in [5.41, 5.74) is 7.39. The molecule has 1 amide bonds. The minimum atomic E-state index is -0.546. The third-order valence-electron chi connectivity index (χ3n) is 5.16. The average Bonchev–Trinajstić information content (AvgIpc) is 2.63. The lowest BCUT2D eigenvalue weighted by Gasteiger charge is -2.51. The highest BCUT2D eigenvalue weighted by Crippen LogP contribution is 2.37. The quantitative estimate of drug-likeness (QED) is 0.802. The van der Waals surface area contributed by atoms with E-state index in [2.05, 4.69) is 9.88 Å². The van der Waals surface area contributed by atoms with Gasteiger partial charge in [0.2, 0.25) is 5.91 Å². The highest BCUT2D eigenvalue weighted by Gasteiger charge is 2.49. The molecule has 2 aromatic rings. The number of hydrogen-bond acceptors (Lipinski definition) is 4. The summed E-state index contributed by atoms with van der Waals surface area (Å²) in [7, 11) is 1.67. The molecule has 3 rings (SSSR count). The molecule has 0 aliphatic carbocycles. The van der Waals surface area contributed by atoms with Crippen LogP contribution in [0.2, 0.25) is 0 Å². The number of rotatable bonds is 8. The van der Waals surface area contributed by atoms with Gasteiger partial charge < -0.3 is 10.5 Å². The molecule has 0 saturated carbocycles. The van der Waals surface area contributed by atoms with Crippen molar-refractivity contribution in [3.63, 3.8) is 0 Å². The first-order chi connectivity index (χ1) is 12.2. The number of likely N-dealkylation sites (tertiary alicyclic amines) is 1. The van der Waals surface area contributed by atoms with Gasteiger partial charge in [0.05, 0.1) is 7.11 Å². The van der Waals surface area contributed by atoms with E-state index in [1.165, 1.54) is 0 Å². The molecule has 2 N–H and O–H groups in total. The maximum Gasteiger partial charge on any atom is 0.238 e. The van der Waals surface area contributed by atoms with E-state index in [0.717, 1.165) is 49.2 Å². The van der Waals surface area contributed by atoms with Gasteiger partial charge >= 0.3 is 0 Å². The van der Waals surface area contributed by atoms with Gasteiger partial charge in [-0.1, -0.05) is 24.3 Å². The summed E-state index contributed by atoms with van der Waals surface area (Å²) in [6.45, 7) is 1.56. The minimum Gasteiger partial charge on any atom is -0.496 e. The number of nitrogens with two attached hydrogens (primary N) is 1. The van der Waals surface area contributed by atoms with E-state index < -0.39 is 5.54 Å². The van der Waals surface area contributed by atoms with Crippen molar-refractivity contribution >= 4 is 5.91 Å². The number of aryl methyl sites for hydroxylation is 1. The van der Waals surface area contributed by atoms with Gasteiger partial charge in [0.15, 0.2) is 0 Å². The summed E-state index contributed by atoms with van der Waals surface area (Å²) in [6, 6.07) is 13.8. The summed E-state index contributed by atoms with van der Waals surface area (Å²) in [5.74, 6) is 0.621. The minimum absolute atomic E-state index is 0.227. The zero-order valence-electron chi connectivity index (χ0n) is 14.6. The van der Waals surface area contributed by atoms with Crippen molar-refractivity contribution in [3.8, 4) is 5.75 Å². The number of primary amides is 1. The number of nitrogens with zero attached hydrogens (tertiary/aromatic N) is 2. The van der Waals surface area contributed by atoms with Crippen LogP contribution in [0.4, 0.5) is 0 Å². The number of carbonyl (C=O) groups excluding carboxylic acids is 1. The summed E-state index contributed by atoms with van der Waals surface area (Å²) in [6.07, 6.45) is 5.13. The molecule has 1 aromatic carbocycles. The molecule has 25 heavy (non-hydrogen) atoms. The van der Waals surface area contributed by atoms with Gasteiger partial charge in [-0.25, -0.2) is 0 Å². The highest BCUT2D eigenvalue weighted by atomic mass is 16.5. The van der Waals surface area contributed by atoms with Crippen molar-refractivity contribution in [2.75, 3.05) is 13.7 Å². The molecule has 1 saturated heterocycles. The van der Waals surface area contributed by atoms with E-state index in [-0.39, 0.29) is 5.91 Å². The average molecular weight is 339 g/mol. The molecule has 1 aromatic heterocycles. The van der Waals surface area contributed by atoms with Crippen LogP contribution in [0.3, 0.4) is 0 Å². The zero-order valence-corrected chi connectivity index (χ0v) is 14.6. The fourth-order valence-electron chi connectivity index (χ4n) is 3.60. The Kier molecular flexibility index (Phi) is 5.34. The first kappa shape index (κ1) is 17.4. The first-order valence-corrected chi connectivity index (χ1v) is 8.72. The molecule has 1 atom stereocenters. The number of amides is 1. The van der Waals surface area contributed by atoms with Crippen molar-refractivity contribution in [1.29, 1.82) is 0 Å². The Morgan fingerprint density at radius 3 is 2.72 bits per heavy atom. The monoisotopic (exact) mass is 339 g/mol. The highest BCUT2D eigenvalue weighted by molar-refractivity contribution is 5.85. The number of pyridine rings is 1. The van der Waals surface area contributed by atoms with Crippen LogP contribution < -0.4 is 10.5 Å². The molecule has 0 radical (unpaired) electrons. The standard InChI is InChI=1S/C20H25N3O2/c1-25-18-10-3-2-7-16(18)15-23-14-12-20(23,19(21)24)11-6-9-17-8-4-5-13-22-17/h2-5,7-8,10,13H,6,9,11-12,14-15H2,1H3,(H2,21,24). The molecule has 0 bridgehead atoms. The van der Waals surface area contributed by atoms with Gasteiger partial charge in [0.25, 0.3) is 0 Å². The second-order valence-electron chi connectivity index (χ2n) is 6.55. The lowest BCUT2D eigenvalue weighted by atomic mass is 9.78. The molecule has 1 aliphatic rings. The summed E-state index contributed by atoms with van der Waals surface area (Å²) >= 11 is 0. The summed E-state index contributed by atoms with van der Waals surface area (Å²) in [4.78, 5) is 18.8. The van der Waals surface area contributed by atoms with Crippen LogP contribution in [0.25, 0.3) is 0 Å². The van der Waals surface area contributed by atoms with Gasteiger partial charge in [0.1, 0.15) is 11.3 Å². The number of benzene rings is 1. The van der Waals surface area contributed by atoms with Gasteiger partial charge in [-0.2, -0.15) is 0 Å². The van der Waals surface area contributed by atoms with Gasteiger partial charge in [-0.15, -0.1) is 0 Å². The van der Waals surface area contributed by atoms with E-state index in [1.54, 1.807) is 13.3 Å². The predicted octanol–water partition coefficient (Wildman–Crippen LogP) is 2.54. The number of ether oxygens (including phenoxy) is 1. The summed E-state index contributed by atoms with van der Waals surface area (Å²) in [5, 5.41) is 0. The Balaban J connectivity index is 1.66. The van der Waals surface area contributed by atoms with Crippen LogP contribution in [0.5, 0.6) is 5.75 Å². The largest absolute Gasteiger partial charge is 0.496 e. The van der Waals surface area contributed by atoms with E-state index in [4.69, 9.17) is 10.5 Å². The predicted molar refractivity (Wildman–Crippen MR) is 97.1 cm³/mol. The lowest BCUT2D eigenvalue weighted by molar-refractivity contribution is -0.141. The van der Waals surface area contributed by atoms with Crippen LogP contribution in [0.15, 0.2) is 48.7 Å². The topological polar surface area (TPSA) is 68.4 Å². The Morgan fingerprint density at radius 1 is 1.28 bits per heavy atom. The van der Waals surface area contributed by atoms with Crippen molar-refractivity contribution < 1.29 is 9.53 Å². The molecule has 5 nitrogen and oxygen atoms in total. The van der Waals surface area contributed by atoms with Crippen LogP contribution in [0.1, 0.15) is 30.5 Å². The number of hydrogen-bond donors (Lipinski definition) is 1. The van der Waals surface area contributed by atoms with Crippen LogP contribution in [-0.2, 0) is 17.8 Å². The Morgan fingerprint density at radius 2 is 2.08 bits per heavy atom. The third kappa shape index (κ3) is 3.66. The molecular weight excluding hydrogens is 314 g/mol. The van der Waals surface area contributed by atoms with Gasteiger partial charge in [0, 0.05) is 30.5 Å². The number of carbonyl (C=O) groups is 1. The van der Waals surface area contributed by atoms with Crippen molar-refractivity contribution in [2.45, 2.75) is 37.8 Å². The molecule has 2 heterocycles. The maximum absolute atomic E-state index is 12.2. The molecule has 1 aliphatic heterocycles. The molecule has 132 valence electrons. The number of para-hydroxylation sites is 1. The smallest absolute Gasteiger partial charge is 0.238 e. The molecule has 1 unspecified atom stereocenters. The molecule has 5 heteroatoms. The third-order valence-corrected chi connectivity index (χ3v) is 5.16. The van der Waals surface area contributed by atoms with Gasteiger partial charge in [-0.3, -0.25) is 14.7 Å². The van der Waals surface area contributed by atoms with Crippen molar-refractivity contribution in [3.05, 3.63) is 59.9 Å². The first-order valence-electron chi connectivity index (χ1n) is 8.72. The van der Waals surface area contributed by atoms with Crippen LogP contribution in [-0.4, -0.2) is 35.0 Å². The fourth-order valence-corrected chi connectivity index (χ4v) is 3.60. The summed E-state index contributed by atoms with van der Waals surface area (Å²) < 4.78 is 5.43. The van der Waals surface area contributed by atoms with E-state index in [1.807, 2.05) is 42.5 Å². The Hall–Kier alpha value is -2.40. The molecule has 1 fully saturated rings.